The lowest BCUT2D eigenvalue weighted by atomic mass is 10.2. The van der Waals surface area contributed by atoms with Gasteiger partial charge in [0.25, 0.3) is 5.89 Å². The Labute approximate surface area is 169 Å². The third kappa shape index (κ3) is 3.95. The number of fused-ring (bicyclic) bond motifs is 1. The van der Waals surface area contributed by atoms with Crippen LogP contribution in [0.1, 0.15) is 12.5 Å². The third-order valence-electron chi connectivity index (χ3n) is 4.35. The summed E-state index contributed by atoms with van der Waals surface area (Å²) in [5.74, 6) is -0.995. The highest BCUT2D eigenvalue weighted by molar-refractivity contribution is 5.86. The number of nitrogens with zero attached hydrogens (tertiary/aromatic N) is 2. The summed E-state index contributed by atoms with van der Waals surface area (Å²) < 4.78 is 30.9. The number of para-hydroxylation sites is 1. The summed E-state index contributed by atoms with van der Waals surface area (Å²) in [6.07, 6.45) is 0. The van der Waals surface area contributed by atoms with E-state index in [1.54, 1.807) is 30.3 Å². The van der Waals surface area contributed by atoms with Crippen LogP contribution in [0.2, 0.25) is 0 Å². The van der Waals surface area contributed by atoms with Crippen molar-refractivity contribution >= 4 is 16.9 Å². The first kappa shape index (κ1) is 19.4. The normalized spacial score (nSPS) is 11.0. The van der Waals surface area contributed by atoms with Crippen molar-refractivity contribution in [2.24, 2.45) is 0 Å². The van der Waals surface area contributed by atoms with Crippen molar-refractivity contribution in [3.63, 3.8) is 0 Å². The lowest BCUT2D eigenvalue weighted by molar-refractivity contribution is -0.122. The highest BCUT2D eigenvalue weighted by Gasteiger charge is 2.18. The molecule has 9 heteroatoms. The predicted octanol–water partition coefficient (Wildman–Crippen LogP) is 3.10. The lowest BCUT2D eigenvalue weighted by Crippen LogP contribution is -2.31. The number of halogens is 1. The van der Waals surface area contributed by atoms with Gasteiger partial charge in [-0.15, -0.1) is 5.10 Å². The molecule has 0 unspecified atom stereocenters. The summed E-state index contributed by atoms with van der Waals surface area (Å²) in [6, 6.07) is 13.2. The molecule has 0 saturated heterocycles. The molecule has 0 radical (unpaired) electrons. The van der Waals surface area contributed by atoms with Crippen LogP contribution in [-0.4, -0.2) is 22.3 Å². The fraction of sp³-hybridized carbons (Fsp3) is 0.190. The Kier molecular flexibility index (Phi) is 5.34. The SMILES string of the molecule is CCOc1cccc2cc(-c3nn(CC(=O)NCc4ccccc4F)c(=O)o3)oc12. The van der Waals surface area contributed by atoms with E-state index in [1.807, 2.05) is 19.1 Å². The fourth-order valence-electron chi connectivity index (χ4n) is 2.94. The van der Waals surface area contributed by atoms with Gasteiger partial charge in [0, 0.05) is 17.5 Å². The molecule has 0 aliphatic carbocycles. The molecule has 1 amide bonds. The lowest BCUT2D eigenvalue weighted by Gasteiger charge is -2.05. The van der Waals surface area contributed by atoms with Crippen molar-refractivity contribution in [1.29, 1.82) is 0 Å². The molecule has 8 nitrogen and oxygen atoms in total. The number of furan rings is 1. The van der Waals surface area contributed by atoms with Crippen LogP contribution >= 0.6 is 0 Å². The van der Waals surface area contributed by atoms with Crippen LogP contribution < -0.4 is 15.8 Å². The second-order valence-corrected chi connectivity index (χ2v) is 6.42. The van der Waals surface area contributed by atoms with E-state index in [-0.39, 0.29) is 24.7 Å². The molecule has 0 saturated carbocycles. The summed E-state index contributed by atoms with van der Waals surface area (Å²) in [7, 11) is 0. The number of hydrogen-bond donors (Lipinski definition) is 1. The van der Waals surface area contributed by atoms with Crippen molar-refractivity contribution < 1.29 is 22.8 Å². The van der Waals surface area contributed by atoms with E-state index in [9.17, 15) is 14.0 Å². The van der Waals surface area contributed by atoms with Gasteiger partial charge in [0.2, 0.25) is 5.91 Å². The first-order chi connectivity index (χ1) is 14.5. The molecule has 2 aromatic carbocycles. The van der Waals surface area contributed by atoms with Gasteiger partial charge in [0.15, 0.2) is 17.1 Å². The number of aromatic nitrogens is 2. The van der Waals surface area contributed by atoms with E-state index in [0.29, 0.717) is 23.5 Å². The number of amides is 1. The largest absolute Gasteiger partial charge is 0.490 e. The van der Waals surface area contributed by atoms with Crippen LogP contribution in [0.5, 0.6) is 5.75 Å². The second kappa shape index (κ2) is 8.24. The van der Waals surface area contributed by atoms with Gasteiger partial charge < -0.3 is 18.9 Å². The Balaban J connectivity index is 1.50. The van der Waals surface area contributed by atoms with Gasteiger partial charge in [-0.25, -0.2) is 9.18 Å². The maximum Gasteiger partial charge on any atom is 0.437 e. The standard InChI is InChI=1S/C21H18FN3O5/c1-2-28-16-9-5-7-13-10-17(29-19(13)16)20-24-25(21(27)30-20)12-18(26)23-11-14-6-3-4-8-15(14)22/h3-10H,2,11-12H2,1H3,(H,23,26). The topological polar surface area (TPSA) is 99.5 Å². The van der Waals surface area contributed by atoms with E-state index in [4.69, 9.17) is 13.6 Å². The number of rotatable bonds is 7. The van der Waals surface area contributed by atoms with Crippen molar-refractivity contribution in [3.05, 3.63) is 70.5 Å². The number of ether oxygens (including phenoxy) is 1. The van der Waals surface area contributed by atoms with Crippen molar-refractivity contribution in [2.75, 3.05) is 6.61 Å². The van der Waals surface area contributed by atoms with Crippen LogP contribution in [0, 0.1) is 5.82 Å². The van der Waals surface area contributed by atoms with E-state index in [2.05, 4.69) is 10.4 Å². The first-order valence-electron chi connectivity index (χ1n) is 9.29. The van der Waals surface area contributed by atoms with Gasteiger partial charge in [-0.3, -0.25) is 4.79 Å². The minimum absolute atomic E-state index is 0.00521. The summed E-state index contributed by atoms with van der Waals surface area (Å²) in [5.41, 5.74) is 0.848. The zero-order chi connectivity index (χ0) is 21.1. The van der Waals surface area contributed by atoms with Gasteiger partial charge in [0.05, 0.1) is 6.61 Å². The first-order valence-corrected chi connectivity index (χ1v) is 9.29. The van der Waals surface area contributed by atoms with Crippen LogP contribution in [0.4, 0.5) is 4.39 Å². The van der Waals surface area contributed by atoms with Crippen LogP contribution in [-0.2, 0) is 17.9 Å². The van der Waals surface area contributed by atoms with Crippen molar-refractivity contribution in [3.8, 4) is 17.4 Å². The average molecular weight is 411 g/mol. The minimum atomic E-state index is -0.809. The Morgan fingerprint density at radius 3 is 2.83 bits per heavy atom. The van der Waals surface area contributed by atoms with E-state index in [0.717, 1.165) is 10.1 Å². The van der Waals surface area contributed by atoms with Gasteiger partial charge in [0.1, 0.15) is 12.4 Å². The smallest absolute Gasteiger partial charge is 0.437 e. The van der Waals surface area contributed by atoms with Crippen molar-refractivity contribution in [1.82, 2.24) is 15.1 Å². The molecule has 0 aliphatic rings. The molecule has 4 aromatic rings. The average Bonchev–Trinajstić information content (AvgIpc) is 3.32. The third-order valence-corrected chi connectivity index (χ3v) is 4.35. The van der Waals surface area contributed by atoms with Crippen molar-refractivity contribution in [2.45, 2.75) is 20.0 Å². The molecule has 0 atom stereocenters. The number of nitrogens with one attached hydrogen (secondary N) is 1. The van der Waals surface area contributed by atoms with Gasteiger partial charge in [-0.2, -0.15) is 4.68 Å². The quantitative estimate of drug-likeness (QED) is 0.502. The highest BCUT2D eigenvalue weighted by Crippen LogP contribution is 2.32. The van der Waals surface area contributed by atoms with Crippen LogP contribution in [0.15, 0.2) is 62.2 Å². The number of carbonyl (C=O) groups is 1. The molecule has 0 bridgehead atoms. The van der Waals surface area contributed by atoms with Gasteiger partial charge in [-0.1, -0.05) is 30.3 Å². The zero-order valence-electron chi connectivity index (χ0n) is 16.1. The molecule has 2 aromatic heterocycles. The Hall–Kier alpha value is -3.88. The summed E-state index contributed by atoms with van der Waals surface area (Å²) in [5, 5.41) is 7.34. The molecule has 4 rings (SSSR count). The van der Waals surface area contributed by atoms with E-state index in [1.165, 1.54) is 6.07 Å². The number of hydrogen-bond acceptors (Lipinski definition) is 6. The molecular formula is C21H18FN3O5. The van der Waals surface area contributed by atoms with Gasteiger partial charge >= 0.3 is 5.76 Å². The maximum absolute atomic E-state index is 13.6. The highest BCUT2D eigenvalue weighted by atomic mass is 19.1. The molecule has 30 heavy (non-hydrogen) atoms. The van der Waals surface area contributed by atoms with E-state index >= 15 is 0 Å². The Morgan fingerprint density at radius 1 is 1.20 bits per heavy atom. The molecule has 2 heterocycles. The molecule has 154 valence electrons. The molecule has 1 N–H and O–H groups in total. The van der Waals surface area contributed by atoms with Crippen LogP contribution in [0.25, 0.3) is 22.6 Å². The summed E-state index contributed by atoms with van der Waals surface area (Å²) >= 11 is 0. The minimum Gasteiger partial charge on any atom is -0.490 e. The molecule has 0 fully saturated rings. The van der Waals surface area contributed by atoms with E-state index < -0.39 is 17.5 Å². The summed E-state index contributed by atoms with van der Waals surface area (Å²) in [6.45, 7) is 1.96. The predicted molar refractivity (Wildman–Crippen MR) is 105 cm³/mol. The molecular weight excluding hydrogens is 393 g/mol. The Bertz CT molecular complexity index is 1260. The number of carbonyl (C=O) groups excluding carboxylic acids is 1. The fourth-order valence-corrected chi connectivity index (χ4v) is 2.94. The van der Waals surface area contributed by atoms with Crippen LogP contribution in [0.3, 0.4) is 0 Å². The number of benzene rings is 2. The zero-order valence-corrected chi connectivity index (χ0v) is 16.1. The monoisotopic (exact) mass is 411 g/mol. The Morgan fingerprint density at radius 2 is 2.03 bits per heavy atom. The molecule has 0 spiro atoms. The second-order valence-electron chi connectivity index (χ2n) is 6.42. The molecule has 0 aliphatic heterocycles. The maximum atomic E-state index is 13.6. The van der Waals surface area contributed by atoms with Gasteiger partial charge in [-0.05, 0) is 25.1 Å². The summed E-state index contributed by atoms with van der Waals surface area (Å²) in [4.78, 5) is 24.2.